The van der Waals surface area contributed by atoms with E-state index in [0.29, 0.717) is 5.39 Å². The van der Waals surface area contributed by atoms with E-state index in [1.54, 1.807) is 7.11 Å². The van der Waals surface area contributed by atoms with Crippen LogP contribution in [0.5, 0.6) is 5.75 Å². The lowest BCUT2D eigenvalue weighted by molar-refractivity contribution is 0.415. The van der Waals surface area contributed by atoms with Gasteiger partial charge in [0.15, 0.2) is 0 Å². The van der Waals surface area contributed by atoms with Crippen LogP contribution in [0.3, 0.4) is 0 Å². The van der Waals surface area contributed by atoms with E-state index in [1.165, 1.54) is 0 Å². The lowest BCUT2D eigenvalue weighted by Gasteiger charge is -2.21. The van der Waals surface area contributed by atoms with Gasteiger partial charge in [-0.1, -0.05) is 78.9 Å². The van der Waals surface area contributed by atoms with Crippen LogP contribution in [0.4, 0.5) is 0 Å². The van der Waals surface area contributed by atoms with Crippen LogP contribution in [0.25, 0.3) is 38.8 Å². The molecule has 0 saturated heterocycles. The highest BCUT2D eigenvalue weighted by Crippen LogP contribution is 2.39. The van der Waals surface area contributed by atoms with Crippen molar-refractivity contribution in [1.29, 1.82) is 0 Å². The summed E-state index contributed by atoms with van der Waals surface area (Å²) >= 11 is 0. The highest BCUT2D eigenvalue weighted by molar-refractivity contribution is 6.03. The van der Waals surface area contributed by atoms with Crippen molar-refractivity contribution < 1.29 is 4.74 Å². The van der Waals surface area contributed by atoms with Crippen molar-refractivity contribution in [2.45, 2.75) is 0 Å². The molecule has 0 fully saturated rings. The van der Waals surface area contributed by atoms with Crippen LogP contribution in [0.2, 0.25) is 0 Å². The van der Waals surface area contributed by atoms with Gasteiger partial charge in [-0.15, -0.1) is 0 Å². The number of methoxy groups -OCH3 is 1. The molecule has 150 valence electrons. The lowest BCUT2D eigenvalue weighted by Crippen LogP contribution is -2.21. The zero-order valence-electron chi connectivity index (χ0n) is 17.2. The molecule has 0 spiro atoms. The molecule has 0 N–H and O–H groups in total. The fraction of sp³-hybridized carbons (Fsp3) is 0.0357. The average molecular weight is 403 g/mol. The number of rotatable bonds is 4. The van der Waals surface area contributed by atoms with E-state index in [1.807, 2.05) is 102 Å². The SMILES string of the molecule is COc1ccc2c(=O)n(-c3ccccc3)c(-c3ccccc3)c(-c3ccccc3)c2c1. The van der Waals surface area contributed by atoms with Crippen LogP contribution in [0.1, 0.15) is 0 Å². The van der Waals surface area contributed by atoms with Crippen LogP contribution in [-0.4, -0.2) is 11.7 Å². The minimum Gasteiger partial charge on any atom is -0.497 e. The monoisotopic (exact) mass is 403 g/mol. The fourth-order valence-corrected chi connectivity index (χ4v) is 4.09. The number of hydrogen-bond donors (Lipinski definition) is 0. The smallest absolute Gasteiger partial charge is 0.263 e. The van der Waals surface area contributed by atoms with Crippen LogP contribution in [-0.2, 0) is 0 Å². The van der Waals surface area contributed by atoms with Crippen molar-refractivity contribution in [2.75, 3.05) is 7.11 Å². The Morgan fingerprint density at radius 2 is 1.23 bits per heavy atom. The molecule has 0 aliphatic rings. The van der Waals surface area contributed by atoms with Gasteiger partial charge in [0.25, 0.3) is 5.56 Å². The third-order valence-corrected chi connectivity index (χ3v) is 5.51. The molecule has 0 aliphatic carbocycles. The summed E-state index contributed by atoms with van der Waals surface area (Å²) in [6.07, 6.45) is 0. The first kappa shape index (κ1) is 18.9. The van der Waals surface area contributed by atoms with Gasteiger partial charge in [0, 0.05) is 22.0 Å². The molecule has 0 atom stereocenters. The molecule has 4 aromatic carbocycles. The second kappa shape index (κ2) is 7.96. The Morgan fingerprint density at radius 3 is 1.84 bits per heavy atom. The Labute approximate surface area is 180 Å². The largest absolute Gasteiger partial charge is 0.497 e. The van der Waals surface area contributed by atoms with Gasteiger partial charge in [-0.2, -0.15) is 0 Å². The standard InChI is InChI=1S/C28H21NO2/c1-31-23-17-18-24-25(19-23)26(20-11-5-2-6-12-20)27(21-13-7-3-8-14-21)29(28(24)30)22-15-9-4-10-16-22/h2-19H,1H3. The number of fused-ring (bicyclic) bond motifs is 1. The maximum absolute atomic E-state index is 13.8. The van der Waals surface area contributed by atoms with Crippen molar-refractivity contribution in [3.8, 4) is 33.8 Å². The second-order valence-electron chi connectivity index (χ2n) is 7.34. The lowest BCUT2D eigenvalue weighted by atomic mass is 9.93. The molecule has 0 bridgehead atoms. The van der Waals surface area contributed by atoms with Gasteiger partial charge < -0.3 is 4.74 Å². The maximum atomic E-state index is 13.8. The summed E-state index contributed by atoms with van der Waals surface area (Å²) in [6, 6.07) is 35.8. The summed E-state index contributed by atoms with van der Waals surface area (Å²) in [6.45, 7) is 0. The van der Waals surface area contributed by atoms with Gasteiger partial charge in [-0.3, -0.25) is 9.36 Å². The summed E-state index contributed by atoms with van der Waals surface area (Å²) < 4.78 is 7.33. The molecule has 0 radical (unpaired) electrons. The van der Waals surface area contributed by atoms with Crippen molar-refractivity contribution >= 4 is 10.8 Å². The normalized spacial score (nSPS) is 10.9. The van der Waals surface area contributed by atoms with Gasteiger partial charge in [-0.25, -0.2) is 0 Å². The molecule has 31 heavy (non-hydrogen) atoms. The number of para-hydroxylation sites is 1. The Morgan fingerprint density at radius 1 is 0.645 bits per heavy atom. The number of hydrogen-bond acceptors (Lipinski definition) is 2. The van der Waals surface area contributed by atoms with E-state index in [-0.39, 0.29) is 5.56 Å². The van der Waals surface area contributed by atoms with Gasteiger partial charge in [-0.05, 0) is 41.5 Å². The van der Waals surface area contributed by atoms with Crippen LogP contribution in [0.15, 0.2) is 114 Å². The third kappa shape index (κ3) is 3.30. The van der Waals surface area contributed by atoms with E-state index in [0.717, 1.165) is 39.2 Å². The van der Waals surface area contributed by atoms with Crippen LogP contribution >= 0.6 is 0 Å². The summed E-state index contributed by atoms with van der Waals surface area (Å²) in [5.41, 5.74) is 4.67. The molecular weight excluding hydrogens is 382 g/mol. The maximum Gasteiger partial charge on any atom is 0.263 e. The van der Waals surface area contributed by atoms with Crippen LogP contribution in [0, 0.1) is 0 Å². The van der Waals surface area contributed by atoms with E-state index in [2.05, 4.69) is 12.1 Å². The molecule has 0 amide bonds. The molecular formula is C28H21NO2. The predicted octanol–water partition coefficient (Wildman–Crippen LogP) is 6.33. The topological polar surface area (TPSA) is 31.2 Å². The molecule has 1 heterocycles. The highest BCUT2D eigenvalue weighted by Gasteiger charge is 2.21. The summed E-state index contributed by atoms with van der Waals surface area (Å²) in [7, 11) is 1.65. The molecule has 5 rings (SSSR count). The Kier molecular flexibility index (Phi) is 4.85. The average Bonchev–Trinajstić information content (AvgIpc) is 2.85. The second-order valence-corrected chi connectivity index (χ2v) is 7.34. The molecule has 0 aliphatic heterocycles. The summed E-state index contributed by atoms with van der Waals surface area (Å²) in [5, 5.41) is 1.53. The van der Waals surface area contributed by atoms with E-state index in [9.17, 15) is 4.79 Å². The number of aromatic nitrogens is 1. The van der Waals surface area contributed by atoms with Gasteiger partial charge in [0.2, 0.25) is 0 Å². The fourth-order valence-electron chi connectivity index (χ4n) is 4.09. The van der Waals surface area contributed by atoms with E-state index >= 15 is 0 Å². The predicted molar refractivity (Wildman–Crippen MR) is 127 cm³/mol. The summed E-state index contributed by atoms with van der Waals surface area (Å²) in [4.78, 5) is 13.8. The molecule has 3 heteroatoms. The van der Waals surface area contributed by atoms with Crippen molar-refractivity contribution in [2.24, 2.45) is 0 Å². The van der Waals surface area contributed by atoms with Crippen molar-refractivity contribution in [3.05, 3.63) is 120 Å². The first-order chi connectivity index (χ1) is 15.3. The Balaban J connectivity index is 2.04. The first-order valence-corrected chi connectivity index (χ1v) is 10.2. The Bertz CT molecular complexity index is 1410. The third-order valence-electron chi connectivity index (χ3n) is 5.51. The van der Waals surface area contributed by atoms with E-state index in [4.69, 9.17) is 4.74 Å². The first-order valence-electron chi connectivity index (χ1n) is 10.2. The number of ether oxygens (including phenoxy) is 1. The molecule has 0 unspecified atom stereocenters. The highest BCUT2D eigenvalue weighted by atomic mass is 16.5. The zero-order chi connectivity index (χ0) is 21.2. The quantitative estimate of drug-likeness (QED) is 0.351. The molecule has 1 aromatic heterocycles. The zero-order valence-corrected chi connectivity index (χ0v) is 17.2. The minimum absolute atomic E-state index is 0.0533. The van der Waals surface area contributed by atoms with Gasteiger partial charge in [0.05, 0.1) is 12.8 Å². The van der Waals surface area contributed by atoms with Gasteiger partial charge >= 0.3 is 0 Å². The minimum atomic E-state index is -0.0533. The van der Waals surface area contributed by atoms with Crippen molar-refractivity contribution in [3.63, 3.8) is 0 Å². The van der Waals surface area contributed by atoms with Crippen molar-refractivity contribution in [1.82, 2.24) is 4.57 Å². The summed E-state index contributed by atoms with van der Waals surface area (Å²) in [5.74, 6) is 0.723. The molecule has 3 nitrogen and oxygen atoms in total. The number of pyridine rings is 1. The van der Waals surface area contributed by atoms with Gasteiger partial charge in [0.1, 0.15) is 5.75 Å². The number of benzene rings is 4. The van der Waals surface area contributed by atoms with Crippen LogP contribution < -0.4 is 10.3 Å². The number of nitrogens with zero attached hydrogens (tertiary/aromatic N) is 1. The Hall–Kier alpha value is -4.11. The molecule has 0 saturated carbocycles. The van der Waals surface area contributed by atoms with E-state index < -0.39 is 0 Å². The molecule has 5 aromatic rings.